The van der Waals surface area contributed by atoms with Crippen molar-refractivity contribution in [3.63, 3.8) is 0 Å². The molecule has 0 spiro atoms. The van der Waals surface area contributed by atoms with E-state index in [1.165, 1.54) is 38.3 Å². The number of nitrogens with zero attached hydrogens (tertiary/aromatic N) is 4. The second-order valence-corrected chi connectivity index (χ2v) is 18.9. The van der Waals surface area contributed by atoms with E-state index in [0.29, 0.717) is 51.1 Å². The van der Waals surface area contributed by atoms with Gasteiger partial charge in [0.15, 0.2) is 0 Å². The molecule has 4 aromatic carbocycles. The third-order valence-corrected chi connectivity index (χ3v) is 14.1. The van der Waals surface area contributed by atoms with E-state index in [9.17, 15) is 55.4 Å². The smallest absolute Gasteiger partial charge is 0.870 e. The number of rotatable bonds is 15. The van der Waals surface area contributed by atoms with Gasteiger partial charge >= 0.3 is 70.1 Å². The van der Waals surface area contributed by atoms with Crippen LogP contribution < -0.4 is 70.7 Å². The molecule has 8 rings (SSSR count). The predicted molar refractivity (Wildman–Crippen MR) is 269 cm³/mol. The van der Waals surface area contributed by atoms with E-state index in [4.69, 9.17) is 9.99 Å². The minimum absolute atomic E-state index is 0. The molecule has 6 unspecified atom stereocenters. The number of carbonyl (C=O) groups is 5. The van der Waals surface area contributed by atoms with Crippen LogP contribution in [0.5, 0.6) is 11.5 Å². The number of aliphatic hydroxyl groups is 1. The van der Waals surface area contributed by atoms with Crippen LogP contribution in [0, 0.1) is 11.8 Å². The number of hydrogen-bond donors (Lipinski definition) is 2. The van der Waals surface area contributed by atoms with Gasteiger partial charge < -0.3 is 44.4 Å². The number of carbonyl (C=O) groups excluding carboxylic acids is 5. The van der Waals surface area contributed by atoms with Gasteiger partial charge in [-0.15, -0.1) is 26.3 Å². The Morgan fingerprint density at radius 1 is 0.590 bits per heavy atom. The molecule has 6 atom stereocenters. The van der Waals surface area contributed by atoms with Gasteiger partial charge in [-0.2, -0.15) is 0 Å². The zero-order valence-corrected chi connectivity index (χ0v) is 47.3. The molecule has 4 aliphatic rings. The first-order valence-electron chi connectivity index (χ1n) is 25.2. The van der Waals surface area contributed by atoms with Crippen molar-refractivity contribution in [3.8, 4) is 11.5 Å². The number of fused-ring (bicyclic) bond motifs is 4. The van der Waals surface area contributed by atoms with Crippen molar-refractivity contribution < 1.29 is 137 Å². The molecule has 4 aromatic rings. The summed E-state index contributed by atoms with van der Waals surface area (Å²) in [6, 6.07) is 24.3. The molecule has 3 N–H and O–H groups in total. The van der Waals surface area contributed by atoms with Crippen LogP contribution in [0.1, 0.15) is 129 Å². The van der Waals surface area contributed by atoms with Crippen molar-refractivity contribution in [2.24, 2.45) is 11.8 Å². The standard InChI is InChI=1S/C28H31F3N2O5.C26H29F3N2O4.CH4O2.K.H2O/c1-18(34)32(16-5-6-17-37-19(2)35)26-22-8-3-4-10-24(22)33(25-11-7-9-23(25)26)27(36)20-12-14-21(15-13-20)38-28(29,30)31;1-17(33)30(15-4-5-16-32)24-20-7-2-3-9-22(20)31(23-10-6-8-21(23)24)25(34)18-11-13-19(14-12-18)35-26(27,28)29;1-3-2;;/h3-4,8,10,12-15,23,25-26H,5-7,9,11,16-17H2,1-2H3;2-3,7,9,11-14,21,23-24,32H,4-6,8,10,15-16H2,1H3;2H,1H3;;1H2/q;;;+1;/p-1. The molecule has 78 heavy (non-hydrogen) atoms. The average molecular weight is 1130 g/mol. The Balaban J connectivity index is 0.000000314. The molecule has 4 amide bonds. The minimum atomic E-state index is -4.81. The van der Waals surface area contributed by atoms with E-state index in [1.54, 1.807) is 23.6 Å². The number of halogens is 6. The maximum atomic E-state index is 13.8. The maximum Gasteiger partial charge on any atom is 1.00 e. The van der Waals surface area contributed by atoms with Crippen LogP contribution in [0.15, 0.2) is 97.1 Å². The van der Waals surface area contributed by atoms with Gasteiger partial charge in [-0.1, -0.05) is 49.2 Å². The minimum Gasteiger partial charge on any atom is -0.870 e. The van der Waals surface area contributed by atoms with Crippen molar-refractivity contribution in [1.82, 2.24) is 9.80 Å². The van der Waals surface area contributed by atoms with Crippen LogP contribution in [-0.2, 0) is 24.0 Å². The summed E-state index contributed by atoms with van der Waals surface area (Å²) in [5.41, 5.74) is 3.70. The third kappa shape index (κ3) is 16.7. The first kappa shape index (κ1) is 65.4. The van der Waals surface area contributed by atoms with Crippen LogP contribution >= 0.6 is 0 Å². The van der Waals surface area contributed by atoms with Gasteiger partial charge in [0, 0.05) is 86.9 Å². The van der Waals surface area contributed by atoms with Crippen molar-refractivity contribution in [2.75, 3.05) is 43.2 Å². The predicted octanol–water partition coefficient (Wildman–Crippen LogP) is 7.66. The molecular weight excluding hydrogens is 1060 g/mol. The molecule has 0 saturated heterocycles. The fourth-order valence-electron chi connectivity index (χ4n) is 11.2. The van der Waals surface area contributed by atoms with Crippen molar-refractivity contribution in [1.29, 1.82) is 0 Å². The number of alkyl halides is 6. The summed E-state index contributed by atoms with van der Waals surface area (Å²) in [6.45, 7) is 5.82. The van der Waals surface area contributed by atoms with Crippen LogP contribution in [0.25, 0.3) is 0 Å². The van der Waals surface area contributed by atoms with Crippen LogP contribution in [0.2, 0.25) is 0 Å². The van der Waals surface area contributed by atoms with E-state index in [1.807, 2.05) is 58.3 Å². The Morgan fingerprint density at radius 3 is 1.31 bits per heavy atom. The summed E-state index contributed by atoms with van der Waals surface area (Å²) in [4.78, 5) is 74.5. The topological polar surface area (TPSA) is 206 Å². The molecule has 420 valence electrons. The molecule has 2 saturated carbocycles. The number of ether oxygens (including phenoxy) is 3. The average Bonchev–Trinajstić information content (AvgIpc) is 4.08. The van der Waals surface area contributed by atoms with Crippen molar-refractivity contribution in [2.45, 2.75) is 122 Å². The molecular formula is C55H65F6KN4O12. The number of hydrogen-bond acceptors (Lipinski definition) is 12. The fourth-order valence-corrected chi connectivity index (χ4v) is 11.2. The number of anilines is 2. The van der Waals surface area contributed by atoms with Gasteiger partial charge in [-0.05, 0) is 123 Å². The molecule has 2 aliphatic heterocycles. The first-order chi connectivity index (χ1) is 36.2. The zero-order valence-electron chi connectivity index (χ0n) is 44.2. The van der Waals surface area contributed by atoms with Crippen molar-refractivity contribution >= 4 is 41.0 Å². The number of para-hydroxylation sites is 2. The maximum absolute atomic E-state index is 13.8. The summed E-state index contributed by atoms with van der Waals surface area (Å²) < 4.78 is 88.2. The molecule has 0 radical (unpaired) electrons. The zero-order chi connectivity index (χ0) is 55.3. The number of esters is 1. The summed E-state index contributed by atoms with van der Waals surface area (Å²) in [6.07, 6.45) is -2.01. The van der Waals surface area contributed by atoms with E-state index in [-0.39, 0.29) is 146 Å². The summed E-state index contributed by atoms with van der Waals surface area (Å²) in [5, 5.41) is 16.3. The second kappa shape index (κ2) is 29.9. The van der Waals surface area contributed by atoms with E-state index < -0.39 is 18.5 Å². The van der Waals surface area contributed by atoms with Crippen LogP contribution in [0.3, 0.4) is 0 Å². The van der Waals surface area contributed by atoms with Gasteiger partial charge in [-0.3, -0.25) is 29.2 Å². The normalized spacial score (nSPS) is 19.7. The van der Waals surface area contributed by atoms with Crippen LogP contribution in [0.4, 0.5) is 37.7 Å². The Morgan fingerprint density at radius 2 is 0.962 bits per heavy atom. The molecule has 2 fully saturated rings. The monoisotopic (exact) mass is 1130 g/mol. The molecule has 2 heterocycles. The Bertz CT molecular complexity index is 2610. The third-order valence-electron chi connectivity index (χ3n) is 14.1. The summed E-state index contributed by atoms with van der Waals surface area (Å²) in [5.74, 6) is -1.77. The molecule has 0 bridgehead atoms. The van der Waals surface area contributed by atoms with Gasteiger partial charge in [0.25, 0.3) is 11.8 Å². The quantitative estimate of drug-likeness (QED) is 0.0294. The number of amides is 4. The Labute approximate surface area is 491 Å². The second-order valence-electron chi connectivity index (χ2n) is 18.9. The van der Waals surface area contributed by atoms with E-state index in [2.05, 4.69) is 14.4 Å². The first-order valence-corrected chi connectivity index (χ1v) is 25.2. The molecule has 23 heteroatoms. The largest absolute Gasteiger partial charge is 1.00 e. The van der Waals surface area contributed by atoms with Gasteiger partial charge in [0.2, 0.25) is 11.8 Å². The summed E-state index contributed by atoms with van der Waals surface area (Å²) in [7, 11) is 1.18. The van der Waals surface area contributed by atoms with Crippen LogP contribution in [-0.4, -0.2) is 113 Å². The Hall–Kier alpha value is -5.11. The fraction of sp³-hybridized carbons (Fsp3) is 0.473. The molecule has 16 nitrogen and oxygen atoms in total. The SMILES string of the molecule is CC(=O)N(CCCCO)C1c2ccccc2N(C(=O)c2ccc(OC(F)(F)F)cc2)C2CCCC12.CC(=O)OCCCCN(C(C)=O)C1c2ccccc2N(C(=O)c2ccc(OC(F)(F)F)cc2)C2CCCC12.COO.[K+].[OH-]. The number of unbranched alkanes of at least 4 members (excludes halogenated alkanes) is 2. The van der Waals surface area contributed by atoms with Gasteiger partial charge in [0.1, 0.15) is 11.5 Å². The summed E-state index contributed by atoms with van der Waals surface area (Å²) >= 11 is 0. The molecule has 0 aromatic heterocycles. The number of benzene rings is 4. The number of aliphatic hydroxyl groups excluding tert-OH is 1. The molecule has 2 aliphatic carbocycles. The van der Waals surface area contributed by atoms with Crippen molar-refractivity contribution in [3.05, 3.63) is 119 Å². The van der Waals surface area contributed by atoms with Gasteiger partial charge in [0.05, 0.1) is 25.8 Å². The van der Waals surface area contributed by atoms with Gasteiger partial charge in [-0.25, -0.2) is 4.89 Å². The Kier molecular flexibility index (Phi) is 25.1. The van der Waals surface area contributed by atoms with E-state index >= 15 is 0 Å². The van der Waals surface area contributed by atoms with E-state index in [0.717, 1.165) is 79.6 Å².